The van der Waals surface area contributed by atoms with Gasteiger partial charge in [-0.3, -0.25) is 15.0 Å². The zero-order valence-electron chi connectivity index (χ0n) is 11.1. The Kier molecular flexibility index (Phi) is 4.68. The van der Waals surface area contributed by atoms with E-state index >= 15 is 0 Å². The molecule has 1 aliphatic rings. The van der Waals surface area contributed by atoms with Crippen LogP contribution in [0.4, 0.5) is 5.00 Å². The SMILES string of the molecule is C=C(C)C[C@@H](c1ccc([N+](=O)[O-])s1)N1CCNCC1. The summed E-state index contributed by atoms with van der Waals surface area (Å²) in [5.41, 5.74) is 1.11. The van der Waals surface area contributed by atoms with Crippen molar-refractivity contribution in [3.05, 3.63) is 39.3 Å². The molecule has 1 aromatic heterocycles. The zero-order valence-corrected chi connectivity index (χ0v) is 11.9. The van der Waals surface area contributed by atoms with Crippen molar-refractivity contribution in [2.45, 2.75) is 19.4 Å². The van der Waals surface area contributed by atoms with Crippen LogP contribution in [0.15, 0.2) is 24.3 Å². The molecule has 6 heteroatoms. The quantitative estimate of drug-likeness (QED) is 0.512. The molecule has 1 atom stereocenters. The van der Waals surface area contributed by atoms with E-state index in [0.717, 1.165) is 43.1 Å². The molecule has 1 fully saturated rings. The molecule has 1 aromatic rings. The summed E-state index contributed by atoms with van der Waals surface area (Å²) in [6.45, 7) is 9.89. The van der Waals surface area contributed by atoms with Crippen molar-refractivity contribution in [1.82, 2.24) is 10.2 Å². The molecule has 19 heavy (non-hydrogen) atoms. The molecule has 0 unspecified atom stereocenters. The molecule has 0 aromatic carbocycles. The highest BCUT2D eigenvalue weighted by molar-refractivity contribution is 7.15. The second-order valence-corrected chi connectivity index (χ2v) is 5.99. The molecule has 5 nitrogen and oxygen atoms in total. The second kappa shape index (κ2) is 6.27. The van der Waals surface area contributed by atoms with Gasteiger partial charge in [0.15, 0.2) is 0 Å². The molecule has 1 aliphatic heterocycles. The van der Waals surface area contributed by atoms with Gasteiger partial charge in [-0.25, -0.2) is 0 Å². The predicted octanol–water partition coefficient (Wildman–Crippen LogP) is 2.57. The van der Waals surface area contributed by atoms with Crippen molar-refractivity contribution in [1.29, 1.82) is 0 Å². The van der Waals surface area contributed by atoms with Crippen LogP contribution in [0.3, 0.4) is 0 Å². The largest absolute Gasteiger partial charge is 0.324 e. The predicted molar refractivity (Wildman–Crippen MR) is 77.6 cm³/mol. The van der Waals surface area contributed by atoms with Crippen LogP contribution >= 0.6 is 11.3 Å². The van der Waals surface area contributed by atoms with Gasteiger partial charge in [-0.05, 0) is 19.4 Å². The van der Waals surface area contributed by atoms with E-state index in [1.807, 2.05) is 13.0 Å². The average molecular weight is 281 g/mol. The topological polar surface area (TPSA) is 58.4 Å². The van der Waals surface area contributed by atoms with Crippen molar-refractivity contribution in [2.75, 3.05) is 26.2 Å². The Bertz CT molecular complexity index is 466. The molecule has 104 valence electrons. The summed E-state index contributed by atoms with van der Waals surface area (Å²) in [7, 11) is 0. The first kappa shape index (κ1) is 14.2. The Balaban J connectivity index is 2.19. The normalized spacial score (nSPS) is 18.2. The highest BCUT2D eigenvalue weighted by Gasteiger charge is 2.25. The molecule has 0 radical (unpaired) electrons. The lowest BCUT2D eigenvalue weighted by atomic mass is 10.0. The van der Waals surface area contributed by atoms with Crippen LogP contribution in [0.25, 0.3) is 0 Å². The summed E-state index contributed by atoms with van der Waals surface area (Å²) in [6.07, 6.45) is 0.859. The number of nitro groups is 1. The molecule has 1 N–H and O–H groups in total. The van der Waals surface area contributed by atoms with E-state index in [0.29, 0.717) is 0 Å². The van der Waals surface area contributed by atoms with Crippen LogP contribution in [0.1, 0.15) is 24.3 Å². The molecule has 0 saturated carbocycles. The smallest absolute Gasteiger partial charge is 0.314 e. The van der Waals surface area contributed by atoms with Crippen LogP contribution < -0.4 is 5.32 Å². The highest BCUT2D eigenvalue weighted by Crippen LogP contribution is 2.35. The van der Waals surface area contributed by atoms with E-state index < -0.39 is 0 Å². The molecule has 0 spiro atoms. The van der Waals surface area contributed by atoms with Crippen molar-refractivity contribution in [3.63, 3.8) is 0 Å². The first-order valence-corrected chi connectivity index (χ1v) is 7.23. The third-order valence-electron chi connectivity index (χ3n) is 3.26. The lowest BCUT2D eigenvalue weighted by molar-refractivity contribution is -0.380. The van der Waals surface area contributed by atoms with Gasteiger partial charge in [-0.1, -0.05) is 16.9 Å². The molecule has 0 bridgehead atoms. The number of hydrogen-bond donors (Lipinski definition) is 1. The monoisotopic (exact) mass is 281 g/mol. The summed E-state index contributed by atoms with van der Waals surface area (Å²) in [6, 6.07) is 3.71. The van der Waals surface area contributed by atoms with Crippen molar-refractivity contribution >= 4 is 16.3 Å². The highest BCUT2D eigenvalue weighted by atomic mass is 32.1. The molecular formula is C13H19N3O2S. The molecule has 0 aliphatic carbocycles. The number of piperazine rings is 1. The second-order valence-electron chi connectivity index (χ2n) is 4.90. The van der Waals surface area contributed by atoms with Gasteiger partial charge < -0.3 is 5.32 Å². The lowest BCUT2D eigenvalue weighted by Crippen LogP contribution is -2.45. The third-order valence-corrected chi connectivity index (χ3v) is 4.39. The summed E-state index contributed by atoms with van der Waals surface area (Å²) in [4.78, 5) is 14.0. The van der Waals surface area contributed by atoms with E-state index in [9.17, 15) is 10.1 Å². The summed E-state index contributed by atoms with van der Waals surface area (Å²) >= 11 is 1.28. The third kappa shape index (κ3) is 3.62. The number of rotatable bonds is 5. The molecule has 2 rings (SSSR count). The maximum atomic E-state index is 10.8. The maximum absolute atomic E-state index is 10.8. The van der Waals surface area contributed by atoms with Gasteiger partial charge in [-0.15, -0.1) is 6.58 Å². The molecular weight excluding hydrogens is 262 g/mol. The minimum Gasteiger partial charge on any atom is -0.314 e. The van der Waals surface area contributed by atoms with Gasteiger partial charge in [0.2, 0.25) is 0 Å². The standard InChI is InChI=1S/C13H19N3O2S/c1-10(2)9-11(15-7-5-14-6-8-15)12-3-4-13(19-12)16(17)18/h3-4,11,14H,1,5-9H2,2H3/t11-/m0/s1. The van der Waals surface area contributed by atoms with Crippen LogP contribution in [0.5, 0.6) is 0 Å². The van der Waals surface area contributed by atoms with E-state index in [4.69, 9.17) is 0 Å². The minimum absolute atomic E-state index is 0.219. The number of nitrogens with zero attached hydrogens (tertiary/aromatic N) is 2. The van der Waals surface area contributed by atoms with Gasteiger partial charge in [0.25, 0.3) is 0 Å². The lowest BCUT2D eigenvalue weighted by Gasteiger charge is -2.34. The maximum Gasteiger partial charge on any atom is 0.324 e. The zero-order chi connectivity index (χ0) is 13.8. The van der Waals surface area contributed by atoms with E-state index in [-0.39, 0.29) is 16.0 Å². The summed E-state index contributed by atoms with van der Waals surface area (Å²) in [5, 5.41) is 14.4. The Hall–Kier alpha value is -1.24. The molecule has 0 amide bonds. The Morgan fingerprint density at radius 1 is 1.58 bits per heavy atom. The van der Waals surface area contributed by atoms with Gasteiger partial charge in [-0.2, -0.15) is 0 Å². The summed E-state index contributed by atoms with van der Waals surface area (Å²) < 4.78 is 0. The van der Waals surface area contributed by atoms with Crippen molar-refractivity contribution in [3.8, 4) is 0 Å². The van der Waals surface area contributed by atoms with Gasteiger partial charge in [0.05, 0.1) is 4.92 Å². The minimum atomic E-state index is -0.316. The average Bonchev–Trinajstić information content (AvgIpc) is 2.86. The van der Waals surface area contributed by atoms with Crippen molar-refractivity contribution in [2.24, 2.45) is 0 Å². The van der Waals surface area contributed by atoms with Crippen LogP contribution in [-0.4, -0.2) is 36.0 Å². The fourth-order valence-electron chi connectivity index (χ4n) is 2.35. The first-order valence-electron chi connectivity index (χ1n) is 6.41. The Morgan fingerprint density at radius 2 is 2.26 bits per heavy atom. The molecule has 2 heterocycles. The van der Waals surface area contributed by atoms with E-state index in [2.05, 4.69) is 16.8 Å². The van der Waals surface area contributed by atoms with Crippen molar-refractivity contribution < 1.29 is 4.92 Å². The Labute approximate surface area is 117 Å². The number of thiophene rings is 1. The van der Waals surface area contributed by atoms with Crippen LogP contribution in [-0.2, 0) is 0 Å². The summed E-state index contributed by atoms with van der Waals surface area (Å²) in [5.74, 6) is 0. The van der Waals surface area contributed by atoms with Gasteiger partial charge in [0.1, 0.15) is 0 Å². The van der Waals surface area contributed by atoms with Gasteiger partial charge in [0, 0.05) is 43.2 Å². The Morgan fingerprint density at radius 3 is 2.79 bits per heavy atom. The van der Waals surface area contributed by atoms with Crippen LogP contribution in [0, 0.1) is 10.1 Å². The van der Waals surface area contributed by atoms with Gasteiger partial charge >= 0.3 is 5.00 Å². The fraction of sp³-hybridized carbons (Fsp3) is 0.538. The van der Waals surface area contributed by atoms with E-state index in [1.165, 1.54) is 11.3 Å². The van der Waals surface area contributed by atoms with Crippen LogP contribution in [0.2, 0.25) is 0 Å². The number of hydrogen-bond acceptors (Lipinski definition) is 5. The number of nitrogens with one attached hydrogen (secondary N) is 1. The van der Waals surface area contributed by atoms with E-state index in [1.54, 1.807) is 6.07 Å². The first-order chi connectivity index (χ1) is 9.08. The molecule has 1 saturated heterocycles. The fourth-order valence-corrected chi connectivity index (χ4v) is 3.31.